The van der Waals surface area contributed by atoms with Crippen molar-refractivity contribution in [3.05, 3.63) is 30.1 Å². The Morgan fingerprint density at radius 2 is 1.37 bits per heavy atom. The minimum Gasteiger partial charge on any atom is -1.00 e. The van der Waals surface area contributed by atoms with Crippen molar-refractivity contribution >= 4 is 11.9 Å². The Morgan fingerprint density at radius 1 is 1.05 bits per heavy atom. The van der Waals surface area contributed by atoms with Gasteiger partial charge in [-0.2, -0.15) is 0 Å². The summed E-state index contributed by atoms with van der Waals surface area (Å²) in [6.07, 6.45) is 1.79. The van der Waals surface area contributed by atoms with Gasteiger partial charge in [0.1, 0.15) is 0 Å². The van der Waals surface area contributed by atoms with Gasteiger partial charge in [0.05, 0.1) is 0 Å². The summed E-state index contributed by atoms with van der Waals surface area (Å²) in [5, 5.41) is 17.8. The number of pyridine rings is 1. The number of carboxylic acids is 2. The van der Waals surface area contributed by atoms with Crippen LogP contribution in [0.5, 0.6) is 0 Å². The van der Waals surface area contributed by atoms with Gasteiger partial charge in [-0.15, -0.1) is 0 Å². The largest absolute Gasteiger partial charge is 4.00 e. The summed E-state index contributed by atoms with van der Waals surface area (Å²) in [5.41, 5.74) is 1.07. The Balaban J connectivity index is -0.0000000320. The smallest absolute Gasteiger partial charge is 1.00 e. The molecule has 0 saturated heterocycles. The third-order valence-electron chi connectivity index (χ3n) is 0.813. The molecule has 0 amide bonds. The SMILES string of the molecule is CC(=O)[O-].CC(=O)[O-].Cc1ccccn1.N.[Cl-].[Cl-].[Pt+4]. The predicted molar refractivity (Wildman–Crippen MR) is 55.4 cm³/mol. The number of aromatic nitrogens is 1. The third-order valence-corrected chi connectivity index (χ3v) is 0.813. The normalized spacial score (nSPS) is 5.84. The fraction of sp³-hybridized carbons (Fsp3) is 0.300. The Morgan fingerprint density at radius 3 is 1.47 bits per heavy atom. The van der Waals surface area contributed by atoms with Gasteiger partial charge in [-0.25, -0.2) is 0 Å². The summed E-state index contributed by atoms with van der Waals surface area (Å²) in [7, 11) is 0. The van der Waals surface area contributed by atoms with Crippen LogP contribution in [0.25, 0.3) is 0 Å². The van der Waals surface area contributed by atoms with Crippen molar-refractivity contribution in [2.75, 3.05) is 0 Å². The van der Waals surface area contributed by atoms with Crippen LogP contribution in [0.3, 0.4) is 0 Å². The van der Waals surface area contributed by atoms with Crippen LogP contribution in [0.4, 0.5) is 0 Å². The van der Waals surface area contributed by atoms with Gasteiger partial charge in [0.25, 0.3) is 0 Å². The van der Waals surface area contributed by atoms with Crippen molar-refractivity contribution in [1.29, 1.82) is 0 Å². The molecule has 114 valence electrons. The predicted octanol–water partition coefficient (Wildman–Crippen LogP) is -6.93. The first-order chi connectivity index (χ1) is 6.86. The number of carbonyl (C=O) groups is 2. The van der Waals surface area contributed by atoms with Crippen molar-refractivity contribution in [1.82, 2.24) is 11.1 Å². The topological polar surface area (TPSA) is 128 Å². The van der Waals surface area contributed by atoms with E-state index in [4.69, 9.17) is 19.8 Å². The molecular weight excluding hydrogens is 478 g/mol. The molecule has 9 heteroatoms. The molecule has 0 aliphatic carbocycles. The minimum absolute atomic E-state index is 0. The van der Waals surface area contributed by atoms with Gasteiger partial charge in [0.15, 0.2) is 0 Å². The molecule has 6 nitrogen and oxygen atoms in total. The molecule has 0 fully saturated rings. The molecule has 1 rings (SSSR count). The van der Waals surface area contributed by atoms with E-state index < -0.39 is 11.9 Å². The average molecular weight is 494 g/mol. The van der Waals surface area contributed by atoms with Crippen LogP contribution >= 0.6 is 0 Å². The van der Waals surface area contributed by atoms with E-state index in [1.54, 1.807) is 6.20 Å². The number of carboxylic acid groups (broad SMARTS) is 2. The second-order valence-corrected chi connectivity index (χ2v) is 2.45. The summed E-state index contributed by atoms with van der Waals surface area (Å²) >= 11 is 0. The number of hydrogen-bond donors (Lipinski definition) is 1. The first-order valence-electron chi connectivity index (χ1n) is 4.09. The summed E-state index contributed by atoms with van der Waals surface area (Å²) < 4.78 is 0. The van der Waals surface area contributed by atoms with Gasteiger partial charge in [0, 0.05) is 23.8 Å². The molecule has 1 aromatic heterocycles. The molecule has 1 aromatic rings. The number of carbonyl (C=O) groups excluding carboxylic acids is 2. The van der Waals surface area contributed by atoms with Crippen molar-refractivity contribution in [2.24, 2.45) is 0 Å². The Labute approximate surface area is 139 Å². The first-order valence-corrected chi connectivity index (χ1v) is 4.09. The maximum Gasteiger partial charge on any atom is 4.00 e. The molecule has 0 bridgehead atoms. The number of hydrogen-bond acceptors (Lipinski definition) is 6. The second-order valence-electron chi connectivity index (χ2n) is 2.45. The monoisotopic (exact) mass is 493 g/mol. The van der Waals surface area contributed by atoms with E-state index in [1.165, 1.54) is 0 Å². The molecule has 0 aromatic carbocycles. The minimum atomic E-state index is -1.08. The molecule has 0 radical (unpaired) electrons. The summed E-state index contributed by atoms with van der Waals surface area (Å²) in [5.74, 6) is -2.17. The molecule has 0 spiro atoms. The molecule has 0 unspecified atom stereocenters. The first kappa shape index (κ1) is 36.2. The van der Waals surface area contributed by atoms with Crippen LogP contribution in [-0.2, 0) is 30.7 Å². The fourth-order valence-electron chi connectivity index (χ4n) is 0.448. The average Bonchev–Trinajstić information content (AvgIpc) is 2.03. The van der Waals surface area contributed by atoms with E-state index in [9.17, 15) is 0 Å². The van der Waals surface area contributed by atoms with Crippen LogP contribution in [0.1, 0.15) is 19.5 Å². The molecular formula is C10H16Cl2N2O4Pt. The number of nitrogens with zero attached hydrogens (tertiary/aromatic N) is 1. The molecule has 19 heavy (non-hydrogen) atoms. The van der Waals surface area contributed by atoms with Crippen molar-refractivity contribution < 1.29 is 65.7 Å². The van der Waals surface area contributed by atoms with Crippen molar-refractivity contribution in [3.8, 4) is 0 Å². The Bertz CT molecular complexity index is 283. The third kappa shape index (κ3) is 75.9. The maximum absolute atomic E-state index is 8.89. The van der Waals surface area contributed by atoms with E-state index in [0.717, 1.165) is 19.5 Å². The zero-order valence-corrected chi connectivity index (χ0v) is 14.5. The quantitative estimate of drug-likeness (QED) is 0.382. The van der Waals surface area contributed by atoms with E-state index in [2.05, 4.69) is 4.98 Å². The van der Waals surface area contributed by atoms with Gasteiger partial charge in [0.2, 0.25) is 0 Å². The molecule has 3 N–H and O–H groups in total. The van der Waals surface area contributed by atoms with Gasteiger partial charge < -0.3 is 50.8 Å². The fourth-order valence-corrected chi connectivity index (χ4v) is 0.448. The number of aryl methyl sites for hydroxylation is 1. The summed E-state index contributed by atoms with van der Waals surface area (Å²) in [6, 6.07) is 5.86. The Hall–Kier alpha value is -0.682. The van der Waals surface area contributed by atoms with Gasteiger partial charge >= 0.3 is 21.1 Å². The molecule has 0 atom stereocenters. The zero-order chi connectivity index (χ0) is 12.3. The number of rotatable bonds is 0. The second kappa shape index (κ2) is 26.0. The summed E-state index contributed by atoms with van der Waals surface area (Å²) in [6.45, 7) is 3.92. The number of aliphatic carboxylic acids is 2. The van der Waals surface area contributed by atoms with Crippen LogP contribution in [0.15, 0.2) is 24.4 Å². The summed E-state index contributed by atoms with van der Waals surface area (Å²) in [4.78, 5) is 21.8. The maximum atomic E-state index is 8.89. The van der Waals surface area contributed by atoms with E-state index in [-0.39, 0.29) is 52.0 Å². The molecule has 0 aliphatic rings. The molecule has 1 heterocycles. The van der Waals surface area contributed by atoms with Crippen molar-refractivity contribution in [3.63, 3.8) is 0 Å². The van der Waals surface area contributed by atoms with E-state index in [1.807, 2.05) is 25.1 Å². The van der Waals surface area contributed by atoms with Crippen LogP contribution in [-0.4, -0.2) is 16.9 Å². The van der Waals surface area contributed by atoms with Gasteiger partial charge in [-0.1, -0.05) is 6.07 Å². The van der Waals surface area contributed by atoms with Crippen molar-refractivity contribution in [2.45, 2.75) is 20.8 Å². The Kier molecular flexibility index (Phi) is 49.5. The standard InChI is InChI=1S/C6H7N.2C2H4O2.2ClH.H3N.Pt/c1-6-4-2-3-5-7-6;2*1-2(3)4;;;;/h2-5H,1H3;2*1H3,(H,3,4);2*1H;1H3;/q;;;;;;+4/p-4. The van der Waals surface area contributed by atoms with Gasteiger partial charge in [-0.05, 0) is 32.9 Å². The van der Waals surface area contributed by atoms with E-state index >= 15 is 0 Å². The van der Waals surface area contributed by atoms with Crippen LogP contribution in [0, 0.1) is 6.92 Å². The molecule has 0 aliphatic heterocycles. The van der Waals surface area contributed by atoms with Crippen LogP contribution in [0.2, 0.25) is 0 Å². The van der Waals surface area contributed by atoms with Crippen LogP contribution < -0.4 is 41.2 Å². The zero-order valence-electron chi connectivity index (χ0n) is 10.7. The van der Waals surface area contributed by atoms with E-state index in [0.29, 0.717) is 0 Å². The number of halogens is 2. The van der Waals surface area contributed by atoms with Gasteiger partial charge in [-0.3, -0.25) is 4.98 Å². The molecule has 0 saturated carbocycles.